The molecule has 1 aliphatic heterocycles. The van der Waals surface area contributed by atoms with E-state index in [0.717, 1.165) is 17.1 Å². The van der Waals surface area contributed by atoms with Crippen LogP contribution in [-0.4, -0.2) is 65.7 Å². The largest absolute Gasteiger partial charge is 0.362 e. The van der Waals surface area contributed by atoms with E-state index in [-0.39, 0.29) is 5.91 Å². The summed E-state index contributed by atoms with van der Waals surface area (Å²) in [4.78, 5) is 27.5. The van der Waals surface area contributed by atoms with E-state index in [2.05, 4.69) is 20.2 Å². The van der Waals surface area contributed by atoms with Gasteiger partial charge in [-0.3, -0.25) is 9.89 Å². The number of anilines is 2. The molecule has 24 heavy (non-hydrogen) atoms. The third kappa shape index (κ3) is 2.89. The fourth-order valence-corrected chi connectivity index (χ4v) is 2.89. The highest BCUT2D eigenvalue weighted by Gasteiger charge is 2.28. The number of amides is 1. The van der Waals surface area contributed by atoms with E-state index < -0.39 is 0 Å². The van der Waals surface area contributed by atoms with Crippen molar-refractivity contribution in [3.63, 3.8) is 0 Å². The molecule has 3 heterocycles. The predicted octanol–water partition coefficient (Wildman–Crippen LogP) is 1.18. The van der Waals surface area contributed by atoms with E-state index in [1.165, 1.54) is 6.20 Å². The second-order valence-electron chi connectivity index (χ2n) is 6.13. The van der Waals surface area contributed by atoms with Crippen LogP contribution in [0.25, 0.3) is 0 Å². The van der Waals surface area contributed by atoms with Crippen molar-refractivity contribution in [2.24, 2.45) is 0 Å². The molecule has 0 aromatic carbocycles. The number of carbonyl (C=O) groups is 1. The van der Waals surface area contributed by atoms with Crippen molar-refractivity contribution < 1.29 is 4.79 Å². The first-order chi connectivity index (χ1) is 11.4. The molecule has 2 aromatic rings. The molecule has 3 rings (SSSR count). The summed E-state index contributed by atoms with van der Waals surface area (Å²) >= 11 is 6.01. The SMILES string of the molecule is CN(C)c1nc2c(c(N(C)C)n1)CCN(C(=O)c1[nH]ncc1Cl)C2. The van der Waals surface area contributed by atoms with Gasteiger partial charge in [0.05, 0.1) is 23.5 Å². The highest BCUT2D eigenvalue weighted by atomic mass is 35.5. The maximum absolute atomic E-state index is 12.6. The number of nitrogens with zero attached hydrogens (tertiary/aromatic N) is 6. The molecule has 9 heteroatoms. The number of aromatic amines is 1. The zero-order valence-electron chi connectivity index (χ0n) is 14.2. The smallest absolute Gasteiger partial charge is 0.273 e. The second kappa shape index (κ2) is 6.27. The first-order valence-electron chi connectivity index (χ1n) is 7.61. The Kier molecular flexibility index (Phi) is 4.31. The number of H-pyrrole nitrogens is 1. The quantitative estimate of drug-likeness (QED) is 0.896. The lowest BCUT2D eigenvalue weighted by atomic mass is 10.0. The van der Waals surface area contributed by atoms with Gasteiger partial charge in [-0.25, -0.2) is 4.98 Å². The number of rotatable bonds is 3. The standard InChI is InChI=1S/C15H20ClN7O/c1-21(2)13-9-5-6-23(14(24)12-10(16)7-17-20-12)8-11(9)18-15(19-13)22(3)4/h7H,5-6,8H2,1-4H3,(H,17,20). The van der Waals surface area contributed by atoms with Gasteiger partial charge in [-0.1, -0.05) is 11.6 Å². The Morgan fingerprint density at radius 1 is 1.25 bits per heavy atom. The lowest BCUT2D eigenvalue weighted by Crippen LogP contribution is -2.38. The molecule has 0 saturated heterocycles. The predicted molar refractivity (Wildman–Crippen MR) is 92.7 cm³/mol. The van der Waals surface area contributed by atoms with Crippen molar-refractivity contribution in [1.82, 2.24) is 25.1 Å². The summed E-state index contributed by atoms with van der Waals surface area (Å²) in [5.41, 5.74) is 2.27. The van der Waals surface area contributed by atoms with Gasteiger partial charge in [-0.15, -0.1) is 0 Å². The first kappa shape index (κ1) is 16.5. The number of hydrogen-bond donors (Lipinski definition) is 1. The fraction of sp³-hybridized carbons (Fsp3) is 0.467. The Balaban J connectivity index is 1.95. The van der Waals surface area contributed by atoms with Gasteiger partial charge in [0.1, 0.15) is 11.5 Å². The van der Waals surface area contributed by atoms with Crippen molar-refractivity contribution in [2.75, 3.05) is 44.5 Å². The fourth-order valence-electron chi connectivity index (χ4n) is 2.72. The summed E-state index contributed by atoms with van der Waals surface area (Å²) in [6.45, 7) is 1.01. The first-order valence-corrected chi connectivity index (χ1v) is 7.99. The lowest BCUT2D eigenvalue weighted by molar-refractivity contribution is 0.0726. The van der Waals surface area contributed by atoms with Crippen LogP contribution in [-0.2, 0) is 13.0 Å². The number of hydrogen-bond acceptors (Lipinski definition) is 6. The number of halogens is 1. The zero-order valence-corrected chi connectivity index (χ0v) is 14.9. The summed E-state index contributed by atoms with van der Waals surface area (Å²) in [7, 11) is 7.72. The van der Waals surface area contributed by atoms with Gasteiger partial charge < -0.3 is 14.7 Å². The molecule has 0 fully saturated rings. The van der Waals surface area contributed by atoms with Gasteiger partial charge in [0.2, 0.25) is 5.95 Å². The van der Waals surface area contributed by atoms with Crippen molar-refractivity contribution >= 4 is 29.3 Å². The number of fused-ring (bicyclic) bond motifs is 1. The highest BCUT2D eigenvalue weighted by molar-refractivity contribution is 6.33. The van der Waals surface area contributed by atoms with E-state index in [0.29, 0.717) is 36.2 Å². The van der Waals surface area contributed by atoms with E-state index in [1.807, 2.05) is 38.0 Å². The Morgan fingerprint density at radius 2 is 2.00 bits per heavy atom. The minimum absolute atomic E-state index is 0.167. The average molecular weight is 350 g/mol. The van der Waals surface area contributed by atoms with Crippen molar-refractivity contribution in [2.45, 2.75) is 13.0 Å². The van der Waals surface area contributed by atoms with Gasteiger partial charge in [-0.2, -0.15) is 10.1 Å². The summed E-state index contributed by atoms with van der Waals surface area (Å²) in [5.74, 6) is 1.36. The molecule has 2 aromatic heterocycles. The molecule has 1 amide bonds. The molecule has 0 radical (unpaired) electrons. The monoisotopic (exact) mass is 349 g/mol. The van der Waals surface area contributed by atoms with Crippen LogP contribution in [0.3, 0.4) is 0 Å². The van der Waals surface area contributed by atoms with Crippen molar-refractivity contribution in [1.29, 1.82) is 0 Å². The van der Waals surface area contributed by atoms with E-state index in [1.54, 1.807) is 4.90 Å². The van der Waals surface area contributed by atoms with Crippen LogP contribution in [0.2, 0.25) is 5.02 Å². The topological polar surface area (TPSA) is 81.3 Å². The number of aromatic nitrogens is 4. The second-order valence-corrected chi connectivity index (χ2v) is 6.54. The third-order valence-electron chi connectivity index (χ3n) is 3.95. The van der Waals surface area contributed by atoms with E-state index >= 15 is 0 Å². The van der Waals surface area contributed by atoms with E-state index in [9.17, 15) is 4.79 Å². The van der Waals surface area contributed by atoms with Gasteiger partial charge in [0.25, 0.3) is 5.91 Å². The molecule has 128 valence electrons. The van der Waals surface area contributed by atoms with Crippen molar-refractivity contribution in [3.05, 3.63) is 28.2 Å². The van der Waals surface area contributed by atoms with E-state index in [4.69, 9.17) is 11.6 Å². The summed E-state index contributed by atoms with van der Waals surface area (Å²) < 4.78 is 0. The molecule has 0 bridgehead atoms. The summed E-state index contributed by atoms with van der Waals surface area (Å²) in [6.07, 6.45) is 2.14. The Bertz CT molecular complexity index is 771. The Hall–Kier alpha value is -2.35. The molecule has 8 nitrogen and oxygen atoms in total. The maximum atomic E-state index is 12.6. The summed E-state index contributed by atoms with van der Waals surface area (Å²) in [5, 5.41) is 6.81. The molecule has 1 aliphatic rings. The molecule has 0 aliphatic carbocycles. The lowest BCUT2D eigenvalue weighted by Gasteiger charge is -2.31. The van der Waals surface area contributed by atoms with Gasteiger partial charge >= 0.3 is 0 Å². The van der Waals surface area contributed by atoms with Crippen molar-refractivity contribution in [3.8, 4) is 0 Å². The normalized spacial score (nSPS) is 13.6. The highest BCUT2D eigenvalue weighted by Crippen LogP contribution is 2.28. The average Bonchev–Trinajstić information content (AvgIpc) is 2.98. The van der Waals surface area contributed by atoms with Gasteiger partial charge in [0, 0.05) is 40.3 Å². The van der Waals surface area contributed by atoms with Crippen LogP contribution >= 0.6 is 11.6 Å². The van der Waals surface area contributed by atoms with Gasteiger partial charge in [-0.05, 0) is 6.42 Å². The third-order valence-corrected chi connectivity index (χ3v) is 4.24. The molecule has 1 N–H and O–H groups in total. The molecule has 0 unspecified atom stereocenters. The Labute approximate surface area is 145 Å². The van der Waals surface area contributed by atoms with Crippen LogP contribution in [0.15, 0.2) is 6.20 Å². The number of carbonyl (C=O) groups excluding carboxylic acids is 1. The molecular formula is C15H20ClN7O. The molecule has 0 spiro atoms. The van der Waals surface area contributed by atoms with Crippen LogP contribution in [0.5, 0.6) is 0 Å². The zero-order chi connectivity index (χ0) is 17.4. The van der Waals surface area contributed by atoms with Crippen LogP contribution < -0.4 is 9.80 Å². The Morgan fingerprint density at radius 3 is 2.58 bits per heavy atom. The molecular weight excluding hydrogens is 330 g/mol. The molecule has 0 saturated carbocycles. The van der Waals surface area contributed by atoms with Crippen LogP contribution in [0.4, 0.5) is 11.8 Å². The van der Waals surface area contributed by atoms with Crippen LogP contribution in [0.1, 0.15) is 21.7 Å². The minimum atomic E-state index is -0.167. The van der Waals surface area contributed by atoms with Gasteiger partial charge in [0.15, 0.2) is 0 Å². The molecule has 0 atom stereocenters. The minimum Gasteiger partial charge on any atom is -0.362 e. The summed E-state index contributed by atoms with van der Waals surface area (Å²) in [6, 6.07) is 0. The maximum Gasteiger partial charge on any atom is 0.273 e. The van der Waals surface area contributed by atoms with Crippen LogP contribution in [0, 0.1) is 0 Å². The number of nitrogens with one attached hydrogen (secondary N) is 1.